The minimum absolute atomic E-state index is 0.0271. The molecule has 0 bridgehead atoms. The Balaban J connectivity index is 1.15. The predicted octanol–water partition coefficient (Wildman–Crippen LogP) is 7.63. The van der Waals surface area contributed by atoms with Gasteiger partial charge in [-0.3, -0.25) is 19.6 Å². The summed E-state index contributed by atoms with van der Waals surface area (Å²) in [5, 5.41) is 3.37. The number of ketones is 2. The van der Waals surface area contributed by atoms with Crippen LogP contribution in [0.3, 0.4) is 0 Å². The highest BCUT2D eigenvalue weighted by atomic mass is 32.1. The number of aromatic nitrogens is 2. The molecule has 3 heterocycles. The van der Waals surface area contributed by atoms with E-state index in [1.54, 1.807) is 30.5 Å². The van der Waals surface area contributed by atoms with Gasteiger partial charge in [-0.2, -0.15) is 0 Å². The molecule has 6 nitrogen and oxygen atoms in total. The third-order valence-electron chi connectivity index (χ3n) is 7.84. The van der Waals surface area contributed by atoms with Gasteiger partial charge in [-0.15, -0.1) is 11.3 Å². The second kappa shape index (κ2) is 12.7. The van der Waals surface area contributed by atoms with Crippen molar-refractivity contribution in [1.82, 2.24) is 15.3 Å². The third kappa shape index (κ3) is 6.44. The van der Waals surface area contributed by atoms with Crippen LogP contribution in [0.15, 0.2) is 79.0 Å². The van der Waals surface area contributed by atoms with Crippen molar-refractivity contribution < 1.29 is 23.1 Å². The smallest absolute Gasteiger partial charge is 0.166 e. The summed E-state index contributed by atoms with van der Waals surface area (Å²) in [5.41, 5.74) is 2.60. The quantitative estimate of drug-likeness (QED) is 0.109. The van der Waals surface area contributed by atoms with E-state index in [4.69, 9.17) is 9.72 Å². The number of nitrogens with one attached hydrogen (secondary N) is 1. The monoisotopic (exact) mass is 611 g/mol. The van der Waals surface area contributed by atoms with Crippen LogP contribution in [-0.4, -0.2) is 28.1 Å². The number of ether oxygens (including phenoxy) is 1. The zero-order valence-electron chi connectivity index (χ0n) is 24.2. The average molecular weight is 612 g/mol. The summed E-state index contributed by atoms with van der Waals surface area (Å²) in [7, 11) is 0. The maximum absolute atomic E-state index is 15.3. The molecule has 1 aliphatic rings. The van der Waals surface area contributed by atoms with Crippen LogP contribution in [-0.2, 0) is 29.0 Å². The molecule has 0 atom stereocenters. The van der Waals surface area contributed by atoms with Crippen molar-refractivity contribution in [2.24, 2.45) is 5.41 Å². The number of benzene rings is 2. The van der Waals surface area contributed by atoms with Gasteiger partial charge in [-0.1, -0.05) is 31.2 Å². The number of carbonyl (C=O) groups is 2. The fourth-order valence-electron chi connectivity index (χ4n) is 5.24. The van der Waals surface area contributed by atoms with Crippen molar-refractivity contribution in [3.8, 4) is 22.1 Å². The Morgan fingerprint density at radius 1 is 0.932 bits per heavy atom. The Labute approximate surface area is 258 Å². The lowest BCUT2D eigenvalue weighted by Crippen LogP contribution is -2.28. The van der Waals surface area contributed by atoms with Crippen molar-refractivity contribution >= 4 is 33.1 Å². The Kier molecular flexibility index (Phi) is 8.59. The topological polar surface area (TPSA) is 81.2 Å². The van der Waals surface area contributed by atoms with E-state index in [0.29, 0.717) is 36.3 Å². The van der Waals surface area contributed by atoms with Crippen molar-refractivity contribution in [2.75, 3.05) is 6.54 Å². The van der Waals surface area contributed by atoms with E-state index in [1.807, 2.05) is 24.3 Å². The first-order chi connectivity index (χ1) is 21.3. The molecule has 44 heavy (non-hydrogen) atoms. The standard InChI is InChI=1S/C35H31F2N3O3S/c1-2-15-38-21-25-4-3-5-27(40-25)31-20-28-34(44-31)30(12-16-39-28)43-29-11-8-23(17-26(29)37)19-33(42)35(13-14-35)32(41)18-22-6-9-24(36)10-7-22/h3-12,16-17,20,38H,2,13-15,18-19,21H2,1H3. The van der Waals surface area contributed by atoms with Crippen LogP contribution >= 0.6 is 11.3 Å². The van der Waals surface area contributed by atoms with Crippen LogP contribution in [0.1, 0.15) is 43.0 Å². The van der Waals surface area contributed by atoms with Gasteiger partial charge in [0, 0.05) is 31.6 Å². The highest BCUT2D eigenvalue weighted by molar-refractivity contribution is 7.22. The summed E-state index contributed by atoms with van der Waals surface area (Å²) < 4.78 is 35.3. The van der Waals surface area contributed by atoms with Gasteiger partial charge >= 0.3 is 0 Å². The lowest BCUT2D eigenvalue weighted by molar-refractivity contribution is -0.133. The Morgan fingerprint density at radius 2 is 1.68 bits per heavy atom. The zero-order valence-corrected chi connectivity index (χ0v) is 25.1. The highest BCUT2D eigenvalue weighted by Crippen LogP contribution is 2.49. The number of Topliss-reactive ketones (excluding diaryl/α,β-unsaturated/α-hetero) is 2. The maximum atomic E-state index is 15.3. The van der Waals surface area contributed by atoms with Gasteiger partial charge < -0.3 is 10.1 Å². The molecule has 5 aromatic rings. The van der Waals surface area contributed by atoms with Crippen molar-refractivity contribution in [2.45, 2.75) is 45.6 Å². The molecular formula is C35H31F2N3O3S. The normalized spacial score (nSPS) is 13.6. The summed E-state index contributed by atoms with van der Waals surface area (Å²) in [5.74, 6) is -0.888. The molecule has 0 radical (unpaired) electrons. The lowest BCUT2D eigenvalue weighted by Gasteiger charge is -2.14. The number of hydrogen-bond acceptors (Lipinski definition) is 7. The number of carbonyl (C=O) groups excluding carboxylic acids is 2. The molecule has 0 amide bonds. The van der Waals surface area contributed by atoms with Gasteiger partial charge in [0.1, 0.15) is 11.6 Å². The number of nitrogens with zero attached hydrogens (tertiary/aromatic N) is 2. The molecule has 2 aromatic carbocycles. The molecule has 6 rings (SSSR count). The first kappa shape index (κ1) is 29.7. The van der Waals surface area contributed by atoms with Crippen LogP contribution in [0.4, 0.5) is 8.78 Å². The summed E-state index contributed by atoms with van der Waals surface area (Å²) in [6, 6.07) is 19.7. The van der Waals surface area contributed by atoms with E-state index in [1.165, 1.54) is 35.6 Å². The Hall–Kier alpha value is -4.34. The molecular weight excluding hydrogens is 580 g/mol. The Bertz CT molecular complexity index is 1830. The van der Waals surface area contributed by atoms with Crippen molar-refractivity contribution in [3.05, 3.63) is 107 Å². The lowest BCUT2D eigenvalue weighted by atomic mass is 9.88. The van der Waals surface area contributed by atoms with E-state index in [0.717, 1.165) is 39.4 Å². The molecule has 224 valence electrons. The molecule has 1 saturated carbocycles. The molecule has 0 saturated heterocycles. The number of thiophene rings is 1. The van der Waals surface area contributed by atoms with Crippen LogP contribution in [0.2, 0.25) is 0 Å². The Morgan fingerprint density at radius 3 is 2.41 bits per heavy atom. The van der Waals surface area contributed by atoms with Crippen LogP contribution in [0.5, 0.6) is 11.5 Å². The van der Waals surface area contributed by atoms with Gasteiger partial charge in [0.15, 0.2) is 23.1 Å². The molecule has 0 aliphatic heterocycles. The predicted molar refractivity (Wildman–Crippen MR) is 167 cm³/mol. The van der Waals surface area contributed by atoms with E-state index in [-0.39, 0.29) is 36.0 Å². The highest BCUT2D eigenvalue weighted by Gasteiger charge is 2.54. The third-order valence-corrected chi connectivity index (χ3v) is 9.01. The number of halogens is 2. The maximum Gasteiger partial charge on any atom is 0.166 e. The second-order valence-corrected chi connectivity index (χ2v) is 12.2. The molecule has 9 heteroatoms. The van der Waals surface area contributed by atoms with Crippen LogP contribution in [0, 0.1) is 17.0 Å². The van der Waals surface area contributed by atoms with Gasteiger partial charge in [0.2, 0.25) is 0 Å². The van der Waals surface area contributed by atoms with Gasteiger partial charge in [0.05, 0.1) is 31.9 Å². The van der Waals surface area contributed by atoms with E-state index in [2.05, 4.69) is 17.2 Å². The molecule has 1 fully saturated rings. The summed E-state index contributed by atoms with van der Waals surface area (Å²) >= 11 is 1.48. The number of hydrogen-bond donors (Lipinski definition) is 1. The van der Waals surface area contributed by atoms with Gasteiger partial charge in [-0.05, 0) is 79.4 Å². The SMILES string of the molecule is CCCNCc1cccc(-c2cc3nccc(Oc4ccc(CC(=O)C5(C(=O)Cc6ccc(F)cc6)CC5)cc4F)c3s2)n1. The second-order valence-electron chi connectivity index (χ2n) is 11.1. The van der Waals surface area contributed by atoms with Gasteiger partial charge in [-0.25, -0.2) is 8.78 Å². The summed E-state index contributed by atoms with van der Waals surface area (Å²) in [6.07, 6.45) is 3.64. The van der Waals surface area contributed by atoms with Crippen molar-refractivity contribution in [1.29, 1.82) is 0 Å². The number of rotatable bonds is 13. The molecule has 0 spiro atoms. The van der Waals surface area contributed by atoms with Crippen LogP contribution < -0.4 is 10.1 Å². The summed E-state index contributed by atoms with van der Waals surface area (Å²) in [6.45, 7) is 3.73. The molecule has 0 unspecified atom stereocenters. The average Bonchev–Trinajstić information content (AvgIpc) is 3.72. The van der Waals surface area contributed by atoms with Crippen molar-refractivity contribution in [3.63, 3.8) is 0 Å². The minimum Gasteiger partial charge on any atom is -0.453 e. The van der Waals surface area contributed by atoms with Gasteiger partial charge in [0.25, 0.3) is 0 Å². The van der Waals surface area contributed by atoms with Crippen LogP contribution in [0.25, 0.3) is 20.8 Å². The molecule has 1 N–H and O–H groups in total. The number of fused-ring (bicyclic) bond motifs is 1. The fourth-order valence-corrected chi connectivity index (χ4v) is 6.27. The summed E-state index contributed by atoms with van der Waals surface area (Å²) in [4.78, 5) is 36.3. The first-order valence-corrected chi connectivity index (χ1v) is 15.5. The molecule has 3 aromatic heterocycles. The number of pyridine rings is 2. The fraction of sp³-hybridized carbons (Fsp3) is 0.257. The molecule has 1 aliphatic carbocycles. The van der Waals surface area contributed by atoms with E-state index >= 15 is 4.39 Å². The van der Waals surface area contributed by atoms with E-state index < -0.39 is 11.2 Å². The largest absolute Gasteiger partial charge is 0.453 e. The minimum atomic E-state index is -1.04. The zero-order chi connectivity index (χ0) is 30.7. The first-order valence-electron chi connectivity index (χ1n) is 14.7. The van der Waals surface area contributed by atoms with E-state index in [9.17, 15) is 14.0 Å².